The van der Waals surface area contributed by atoms with E-state index in [1.54, 1.807) is 45.0 Å². The second-order valence-corrected chi connectivity index (χ2v) is 5.19. The van der Waals surface area contributed by atoms with Crippen LogP contribution in [0.5, 0.6) is 5.75 Å². The van der Waals surface area contributed by atoms with E-state index in [4.69, 9.17) is 21.4 Å². The van der Waals surface area contributed by atoms with Crippen molar-refractivity contribution in [1.29, 1.82) is 0 Å². The highest BCUT2D eigenvalue weighted by Gasteiger charge is 2.23. The van der Waals surface area contributed by atoms with E-state index in [-0.39, 0.29) is 12.5 Å². The van der Waals surface area contributed by atoms with Crippen LogP contribution in [0.1, 0.15) is 20.8 Å². The van der Waals surface area contributed by atoms with Crippen molar-refractivity contribution in [1.82, 2.24) is 5.32 Å². The van der Waals surface area contributed by atoms with Gasteiger partial charge in [-0.05, 0) is 39.0 Å². The molecule has 0 spiro atoms. The highest BCUT2D eigenvalue weighted by Crippen LogP contribution is 2.18. The SMILES string of the molecule is CC(Oc1cccc(Cl)c1)C(=O)NC(C)(C)CO. The molecular weight excluding hydrogens is 254 g/mol. The lowest BCUT2D eigenvalue weighted by molar-refractivity contribution is -0.129. The van der Waals surface area contributed by atoms with Gasteiger partial charge < -0.3 is 15.2 Å². The number of halogens is 1. The molecule has 1 atom stereocenters. The first kappa shape index (κ1) is 14.8. The molecule has 0 radical (unpaired) electrons. The van der Waals surface area contributed by atoms with E-state index in [0.717, 1.165) is 0 Å². The van der Waals surface area contributed by atoms with Gasteiger partial charge in [0.1, 0.15) is 5.75 Å². The molecule has 100 valence electrons. The molecule has 0 saturated heterocycles. The van der Waals surface area contributed by atoms with E-state index in [2.05, 4.69) is 5.32 Å². The Labute approximate surface area is 112 Å². The predicted octanol–water partition coefficient (Wildman–Crippen LogP) is 1.99. The molecule has 0 saturated carbocycles. The van der Waals surface area contributed by atoms with Crippen LogP contribution in [0, 0.1) is 0 Å². The van der Waals surface area contributed by atoms with Crippen LogP contribution in [0.4, 0.5) is 0 Å². The van der Waals surface area contributed by atoms with E-state index in [0.29, 0.717) is 10.8 Å². The van der Waals surface area contributed by atoms with E-state index >= 15 is 0 Å². The molecule has 0 aliphatic heterocycles. The van der Waals surface area contributed by atoms with Crippen LogP contribution in [0.2, 0.25) is 5.02 Å². The van der Waals surface area contributed by atoms with Crippen molar-refractivity contribution in [3.63, 3.8) is 0 Å². The smallest absolute Gasteiger partial charge is 0.261 e. The molecule has 1 rings (SSSR count). The van der Waals surface area contributed by atoms with Crippen LogP contribution in [-0.4, -0.2) is 29.3 Å². The minimum absolute atomic E-state index is 0.136. The topological polar surface area (TPSA) is 58.6 Å². The Balaban J connectivity index is 2.60. The van der Waals surface area contributed by atoms with Gasteiger partial charge in [-0.3, -0.25) is 4.79 Å². The lowest BCUT2D eigenvalue weighted by atomic mass is 10.1. The molecule has 1 amide bonds. The Bertz CT molecular complexity index is 420. The summed E-state index contributed by atoms with van der Waals surface area (Å²) in [6.07, 6.45) is -0.658. The van der Waals surface area contributed by atoms with Gasteiger partial charge in [-0.2, -0.15) is 0 Å². The molecule has 0 heterocycles. The molecule has 0 bridgehead atoms. The Hall–Kier alpha value is -1.26. The van der Waals surface area contributed by atoms with Gasteiger partial charge >= 0.3 is 0 Å². The van der Waals surface area contributed by atoms with Crippen LogP contribution >= 0.6 is 11.6 Å². The second kappa shape index (κ2) is 6.07. The normalized spacial score (nSPS) is 12.9. The number of ether oxygens (including phenoxy) is 1. The third-order valence-electron chi connectivity index (χ3n) is 2.34. The number of aliphatic hydroxyl groups excluding tert-OH is 1. The summed E-state index contributed by atoms with van der Waals surface area (Å²) < 4.78 is 5.47. The van der Waals surface area contributed by atoms with Gasteiger partial charge in [0.15, 0.2) is 6.10 Å². The van der Waals surface area contributed by atoms with Crippen LogP contribution in [0.25, 0.3) is 0 Å². The van der Waals surface area contributed by atoms with Crippen molar-refractivity contribution in [2.75, 3.05) is 6.61 Å². The van der Waals surface area contributed by atoms with Crippen molar-refractivity contribution in [3.8, 4) is 5.75 Å². The Morgan fingerprint density at radius 1 is 1.56 bits per heavy atom. The Morgan fingerprint density at radius 3 is 2.78 bits per heavy atom. The van der Waals surface area contributed by atoms with Gasteiger partial charge in [0.2, 0.25) is 0 Å². The lowest BCUT2D eigenvalue weighted by Crippen LogP contribution is -2.50. The number of carbonyl (C=O) groups is 1. The van der Waals surface area contributed by atoms with Gasteiger partial charge in [-0.1, -0.05) is 17.7 Å². The molecule has 0 fully saturated rings. The molecule has 1 unspecified atom stereocenters. The number of hydrogen-bond donors (Lipinski definition) is 2. The molecule has 2 N–H and O–H groups in total. The van der Waals surface area contributed by atoms with E-state index in [9.17, 15) is 4.79 Å². The molecule has 4 nitrogen and oxygen atoms in total. The van der Waals surface area contributed by atoms with Crippen molar-refractivity contribution in [3.05, 3.63) is 29.3 Å². The van der Waals surface area contributed by atoms with Gasteiger partial charge in [0, 0.05) is 5.02 Å². The monoisotopic (exact) mass is 271 g/mol. The second-order valence-electron chi connectivity index (χ2n) is 4.75. The first-order chi connectivity index (χ1) is 8.34. The fraction of sp³-hybridized carbons (Fsp3) is 0.462. The highest BCUT2D eigenvalue weighted by atomic mass is 35.5. The first-order valence-corrected chi connectivity index (χ1v) is 6.07. The summed E-state index contributed by atoms with van der Waals surface area (Å²) in [4.78, 5) is 11.8. The molecule has 1 aromatic rings. The third kappa shape index (κ3) is 4.55. The standard InChI is InChI=1S/C13H18ClNO3/c1-9(12(17)15-13(2,3)8-16)18-11-6-4-5-10(14)7-11/h4-7,9,16H,8H2,1-3H3,(H,15,17). The third-order valence-corrected chi connectivity index (χ3v) is 2.57. The number of nitrogens with one attached hydrogen (secondary N) is 1. The summed E-state index contributed by atoms with van der Waals surface area (Å²) in [6.45, 7) is 4.97. The molecule has 0 aliphatic rings. The van der Waals surface area contributed by atoms with Crippen LogP contribution < -0.4 is 10.1 Å². The van der Waals surface area contributed by atoms with Crippen molar-refractivity contribution >= 4 is 17.5 Å². The average Bonchev–Trinajstić information content (AvgIpc) is 2.28. The van der Waals surface area contributed by atoms with Crippen molar-refractivity contribution < 1.29 is 14.6 Å². The summed E-state index contributed by atoms with van der Waals surface area (Å²) in [7, 11) is 0. The molecule has 5 heteroatoms. The van der Waals surface area contributed by atoms with E-state index in [1.807, 2.05) is 0 Å². The number of rotatable bonds is 5. The summed E-state index contributed by atoms with van der Waals surface area (Å²) >= 11 is 5.82. The van der Waals surface area contributed by atoms with Gasteiger partial charge in [0.25, 0.3) is 5.91 Å². The van der Waals surface area contributed by atoms with Crippen molar-refractivity contribution in [2.45, 2.75) is 32.4 Å². The molecule has 0 aliphatic carbocycles. The Kier molecular flexibility index (Phi) is 4.99. The lowest BCUT2D eigenvalue weighted by Gasteiger charge is -2.25. The fourth-order valence-electron chi connectivity index (χ4n) is 1.27. The number of amides is 1. The highest BCUT2D eigenvalue weighted by molar-refractivity contribution is 6.30. The van der Waals surface area contributed by atoms with Crippen molar-refractivity contribution in [2.24, 2.45) is 0 Å². The molecule has 18 heavy (non-hydrogen) atoms. The largest absolute Gasteiger partial charge is 0.481 e. The quantitative estimate of drug-likeness (QED) is 0.861. The average molecular weight is 272 g/mol. The number of hydrogen-bond acceptors (Lipinski definition) is 3. The minimum atomic E-state index is -0.664. The number of benzene rings is 1. The predicted molar refractivity (Wildman–Crippen MR) is 70.8 cm³/mol. The zero-order chi connectivity index (χ0) is 13.8. The number of aliphatic hydroxyl groups is 1. The molecular formula is C13H18ClNO3. The Morgan fingerprint density at radius 2 is 2.22 bits per heavy atom. The number of carbonyl (C=O) groups excluding carboxylic acids is 1. The van der Waals surface area contributed by atoms with Crippen LogP contribution in [0.3, 0.4) is 0 Å². The maximum atomic E-state index is 11.8. The molecule has 1 aromatic carbocycles. The molecule has 0 aromatic heterocycles. The minimum Gasteiger partial charge on any atom is -0.481 e. The van der Waals surface area contributed by atoms with Crippen LogP contribution in [-0.2, 0) is 4.79 Å². The van der Waals surface area contributed by atoms with Gasteiger partial charge in [-0.25, -0.2) is 0 Å². The summed E-state index contributed by atoms with van der Waals surface area (Å²) in [5.74, 6) is 0.251. The fourth-order valence-corrected chi connectivity index (χ4v) is 1.45. The van der Waals surface area contributed by atoms with Gasteiger partial charge in [0.05, 0.1) is 12.1 Å². The summed E-state index contributed by atoms with van der Waals surface area (Å²) in [6, 6.07) is 6.85. The van der Waals surface area contributed by atoms with Gasteiger partial charge in [-0.15, -0.1) is 0 Å². The maximum absolute atomic E-state index is 11.8. The zero-order valence-corrected chi connectivity index (χ0v) is 11.5. The summed E-state index contributed by atoms with van der Waals surface area (Å²) in [5.41, 5.74) is -0.664. The van der Waals surface area contributed by atoms with E-state index in [1.165, 1.54) is 0 Å². The zero-order valence-electron chi connectivity index (χ0n) is 10.7. The van der Waals surface area contributed by atoms with Crippen LogP contribution in [0.15, 0.2) is 24.3 Å². The first-order valence-electron chi connectivity index (χ1n) is 5.69. The summed E-state index contributed by atoms with van der Waals surface area (Å²) in [5, 5.41) is 12.3. The maximum Gasteiger partial charge on any atom is 0.261 e. The van der Waals surface area contributed by atoms with E-state index < -0.39 is 11.6 Å².